The van der Waals surface area contributed by atoms with Crippen LogP contribution in [0.25, 0.3) is 0 Å². The molecule has 108 valence electrons. The van der Waals surface area contributed by atoms with E-state index in [4.69, 9.17) is 9.84 Å². The first-order valence-electron chi connectivity index (χ1n) is 6.65. The molecular weight excluding hydrogens is 258 g/mol. The summed E-state index contributed by atoms with van der Waals surface area (Å²) in [5.74, 6) is -0.663. The monoisotopic (exact) mass is 277 g/mol. The molecule has 2 atom stereocenters. The molecule has 1 aromatic carbocycles. The summed E-state index contributed by atoms with van der Waals surface area (Å²) in [6.45, 7) is 2.67. The van der Waals surface area contributed by atoms with Gasteiger partial charge in [-0.1, -0.05) is 25.1 Å². The maximum absolute atomic E-state index is 12.3. The first kappa shape index (κ1) is 14.4. The van der Waals surface area contributed by atoms with Crippen LogP contribution in [0.2, 0.25) is 0 Å². The molecule has 5 nitrogen and oxygen atoms in total. The number of amides is 1. The van der Waals surface area contributed by atoms with Crippen molar-refractivity contribution < 1.29 is 19.4 Å². The molecule has 1 aliphatic heterocycles. The Bertz CT molecular complexity index is 514. The number of hydrogen-bond acceptors (Lipinski definition) is 3. The van der Waals surface area contributed by atoms with E-state index in [0.717, 1.165) is 5.56 Å². The highest BCUT2D eigenvalue weighted by atomic mass is 16.5. The second-order valence-electron chi connectivity index (χ2n) is 5.21. The van der Waals surface area contributed by atoms with Gasteiger partial charge in [-0.05, 0) is 12.0 Å². The second kappa shape index (κ2) is 5.94. The minimum absolute atomic E-state index is 0.00545. The summed E-state index contributed by atoms with van der Waals surface area (Å²) in [7, 11) is 1.57. The summed E-state index contributed by atoms with van der Waals surface area (Å²) in [4.78, 5) is 25.0. The predicted octanol–water partition coefficient (Wildman–Crippen LogP) is 1.42. The lowest BCUT2D eigenvalue weighted by Gasteiger charge is -2.17. The molecule has 5 heteroatoms. The number of rotatable bonds is 4. The van der Waals surface area contributed by atoms with Gasteiger partial charge in [-0.25, -0.2) is 0 Å². The summed E-state index contributed by atoms with van der Waals surface area (Å²) in [5.41, 5.74) is 0.825. The fraction of sp³-hybridized carbons (Fsp3) is 0.467. The van der Waals surface area contributed by atoms with Crippen LogP contribution in [-0.4, -0.2) is 42.1 Å². The van der Waals surface area contributed by atoms with Crippen LogP contribution in [0.3, 0.4) is 0 Å². The highest BCUT2D eigenvalue weighted by molar-refractivity contribution is 5.81. The molecule has 1 fully saturated rings. The molecule has 1 aromatic rings. The highest BCUT2D eigenvalue weighted by Gasteiger charge is 2.36. The quantitative estimate of drug-likeness (QED) is 0.903. The van der Waals surface area contributed by atoms with E-state index in [0.29, 0.717) is 18.8 Å². The smallest absolute Gasteiger partial charge is 0.308 e. The summed E-state index contributed by atoms with van der Waals surface area (Å²) in [6.07, 6.45) is 0.239. The largest absolute Gasteiger partial charge is 0.496 e. The molecule has 0 aliphatic carbocycles. The maximum Gasteiger partial charge on any atom is 0.308 e. The van der Waals surface area contributed by atoms with E-state index in [1.165, 1.54) is 0 Å². The molecule has 1 heterocycles. The molecule has 0 spiro atoms. The van der Waals surface area contributed by atoms with Crippen LogP contribution in [0, 0.1) is 11.8 Å². The van der Waals surface area contributed by atoms with E-state index >= 15 is 0 Å². The van der Waals surface area contributed by atoms with Gasteiger partial charge in [0.2, 0.25) is 5.91 Å². The minimum Gasteiger partial charge on any atom is -0.496 e. The molecule has 1 N–H and O–H groups in total. The van der Waals surface area contributed by atoms with E-state index in [-0.39, 0.29) is 18.2 Å². The molecule has 0 bridgehead atoms. The number of carboxylic acids is 1. The summed E-state index contributed by atoms with van der Waals surface area (Å²) in [6, 6.07) is 7.38. The average Bonchev–Trinajstić information content (AvgIpc) is 2.81. The molecular formula is C15H19NO4. The molecule has 1 saturated heterocycles. The molecule has 1 amide bonds. The standard InChI is InChI=1S/C15H19NO4/c1-10-8-16(9-12(10)15(18)19)14(17)7-11-5-3-4-6-13(11)20-2/h3-6,10,12H,7-9H2,1-2H3,(H,18,19). The number of para-hydroxylation sites is 1. The number of carbonyl (C=O) groups is 2. The Kier molecular flexibility index (Phi) is 4.27. The minimum atomic E-state index is -0.829. The van der Waals surface area contributed by atoms with E-state index in [1.54, 1.807) is 12.0 Å². The summed E-state index contributed by atoms with van der Waals surface area (Å²) < 4.78 is 5.22. The lowest BCUT2D eigenvalue weighted by Crippen LogP contribution is -2.31. The van der Waals surface area contributed by atoms with Gasteiger partial charge in [-0.3, -0.25) is 9.59 Å². The number of carboxylic acid groups (broad SMARTS) is 1. The van der Waals surface area contributed by atoms with Gasteiger partial charge in [-0.2, -0.15) is 0 Å². The van der Waals surface area contributed by atoms with Crippen molar-refractivity contribution in [1.82, 2.24) is 4.90 Å². The number of likely N-dealkylation sites (tertiary alicyclic amines) is 1. The van der Waals surface area contributed by atoms with E-state index in [9.17, 15) is 9.59 Å². The van der Waals surface area contributed by atoms with Gasteiger partial charge >= 0.3 is 5.97 Å². The van der Waals surface area contributed by atoms with Crippen LogP contribution in [0.5, 0.6) is 5.75 Å². The Morgan fingerprint density at radius 2 is 2.05 bits per heavy atom. The highest BCUT2D eigenvalue weighted by Crippen LogP contribution is 2.25. The number of benzene rings is 1. The predicted molar refractivity (Wildman–Crippen MR) is 73.6 cm³/mol. The topological polar surface area (TPSA) is 66.8 Å². The second-order valence-corrected chi connectivity index (χ2v) is 5.21. The summed E-state index contributed by atoms with van der Waals surface area (Å²) >= 11 is 0. The normalized spacial score (nSPS) is 21.8. The fourth-order valence-corrected chi connectivity index (χ4v) is 2.62. The van der Waals surface area contributed by atoms with Crippen LogP contribution in [-0.2, 0) is 16.0 Å². The Hall–Kier alpha value is -2.04. The van der Waals surface area contributed by atoms with E-state index < -0.39 is 11.9 Å². The van der Waals surface area contributed by atoms with Gasteiger partial charge in [-0.15, -0.1) is 0 Å². The van der Waals surface area contributed by atoms with E-state index in [2.05, 4.69) is 0 Å². The van der Waals surface area contributed by atoms with Crippen molar-refractivity contribution in [2.45, 2.75) is 13.3 Å². The number of methoxy groups -OCH3 is 1. The molecule has 0 saturated carbocycles. The van der Waals surface area contributed by atoms with Crippen molar-refractivity contribution in [1.29, 1.82) is 0 Å². The number of carbonyl (C=O) groups excluding carboxylic acids is 1. The molecule has 1 aliphatic rings. The third kappa shape index (κ3) is 2.92. The Balaban J connectivity index is 2.04. The zero-order valence-corrected chi connectivity index (χ0v) is 11.7. The van der Waals surface area contributed by atoms with Crippen LogP contribution < -0.4 is 4.74 Å². The van der Waals surface area contributed by atoms with Crippen LogP contribution in [0.4, 0.5) is 0 Å². The third-order valence-corrected chi connectivity index (χ3v) is 3.82. The molecule has 2 unspecified atom stereocenters. The molecule has 0 radical (unpaired) electrons. The molecule has 20 heavy (non-hydrogen) atoms. The number of nitrogens with zero attached hydrogens (tertiary/aromatic N) is 1. The fourth-order valence-electron chi connectivity index (χ4n) is 2.62. The Labute approximate surface area is 118 Å². The Morgan fingerprint density at radius 3 is 2.65 bits per heavy atom. The zero-order chi connectivity index (χ0) is 14.7. The number of hydrogen-bond donors (Lipinski definition) is 1. The first-order valence-corrected chi connectivity index (χ1v) is 6.65. The average molecular weight is 277 g/mol. The Morgan fingerprint density at radius 1 is 1.35 bits per heavy atom. The third-order valence-electron chi connectivity index (χ3n) is 3.82. The van der Waals surface area contributed by atoms with Gasteiger partial charge in [0.1, 0.15) is 5.75 Å². The van der Waals surface area contributed by atoms with Crippen molar-refractivity contribution in [2.24, 2.45) is 11.8 Å². The van der Waals surface area contributed by atoms with E-state index in [1.807, 2.05) is 31.2 Å². The van der Waals surface area contributed by atoms with Crippen molar-refractivity contribution in [3.05, 3.63) is 29.8 Å². The van der Waals surface area contributed by atoms with Gasteiger partial charge in [0.05, 0.1) is 19.4 Å². The van der Waals surface area contributed by atoms with Crippen molar-refractivity contribution >= 4 is 11.9 Å². The zero-order valence-electron chi connectivity index (χ0n) is 11.7. The first-order chi connectivity index (χ1) is 9.52. The number of ether oxygens (including phenoxy) is 1. The van der Waals surface area contributed by atoms with Gasteiger partial charge < -0.3 is 14.7 Å². The van der Waals surface area contributed by atoms with Crippen molar-refractivity contribution in [2.75, 3.05) is 20.2 Å². The lowest BCUT2D eigenvalue weighted by molar-refractivity contribution is -0.142. The number of aliphatic carboxylic acids is 1. The molecule has 2 rings (SSSR count). The maximum atomic E-state index is 12.3. The van der Waals surface area contributed by atoms with Crippen molar-refractivity contribution in [3.8, 4) is 5.75 Å². The molecule has 0 aromatic heterocycles. The van der Waals surface area contributed by atoms with Gasteiger partial charge in [0.15, 0.2) is 0 Å². The van der Waals surface area contributed by atoms with Crippen LogP contribution >= 0.6 is 0 Å². The summed E-state index contributed by atoms with van der Waals surface area (Å²) in [5, 5.41) is 9.10. The van der Waals surface area contributed by atoms with Gasteiger partial charge in [0.25, 0.3) is 0 Å². The lowest BCUT2D eigenvalue weighted by atomic mass is 9.99. The SMILES string of the molecule is COc1ccccc1CC(=O)N1CC(C)C(C(=O)O)C1. The van der Waals surface area contributed by atoms with Crippen LogP contribution in [0.1, 0.15) is 12.5 Å². The van der Waals surface area contributed by atoms with Crippen molar-refractivity contribution in [3.63, 3.8) is 0 Å². The van der Waals surface area contributed by atoms with Gasteiger partial charge in [0, 0.05) is 18.7 Å². The van der Waals surface area contributed by atoms with Crippen LogP contribution in [0.15, 0.2) is 24.3 Å².